The van der Waals surface area contributed by atoms with Gasteiger partial charge in [0.25, 0.3) is 15.2 Å². The van der Waals surface area contributed by atoms with E-state index in [1.807, 2.05) is 0 Å². The maximum atomic E-state index is 4.57. The fraction of sp³-hybridized carbons (Fsp3) is 0.571. The molecule has 2 aromatic rings. The Kier molecular flexibility index (Phi) is 4.41. The standard InChI is InChI=1S/C14H20NS2.ClH/c1-13(2,3)9-7-10(14(4,5)6)12-11(8-9)16-17-15-12;/h7-8H,1-6H3;1H/q+1;/p-1. The summed E-state index contributed by atoms with van der Waals surface area (Å²) in [6, 6.07) is 4.65. The molecule has 1 aromatic carbocycles. The number of fused-ring (bicyclic) bond motifs is 1. The summed E-state index contributed by atoms with van der Waals surface area (Å²) in [5, 5.41) is 0. The number of hydrogen-bond donors (Lipinski definition) is 0. The maximum Gasteiger partial charge on any atom is 0.323 e. The van der Waals surface area contributed by atoms with E-state index in [0.29, 0.717) is 0 Å². The molecule has 0 aliphatic heterocycles. The van der Waals surface area contributed by atoms with Crippen LogP contribution in [0.2, 0.25) is 0 Å². The monoisotopic (exact) mass is 301 g/mol. The molecule has 1 nitrogen and oxygen atoms in total. The van der Waals surface area contributed by atoms with Crippen molar-refractivity contribution in [3.05, 3.63) is 23.3 Å². The van der Waals surface area contributed by atoms with Gasteiger partial charge in [0.1, 0.15) is 0 Å². The zero-order valence-electron chi connectivity index (χ0n) is 11.8. The van der Waals surface area contributed by atoms with Crippen molar-refractivity contribution in [3.63, 3.8) is 0 Å². The van der Waals surface area contributed by atoms with E-state index in [1.54, 1.807) is 20.9 Å². The minimum atomic E-state index is 0. The SMILES string of the molecule is CC(C)(C)c1cc(C(C)(C)C)c2ns[s+]c2c1.[Cl-]. The summed E-state index contributed by atoms with van der Waals surface area (Å²) in [6.45, 7) is 13.6. The van der Waals surface area contributed by atoms with Crippen LogP contribution in [-0.2, 0) is 10.8 Å². The smallest absolute Gasteiger partial charge is 0.323 e. The molecule has 0 saturated carbocycles. The summed E-state index contributed by atoms with van der Waals surface area (Å²) in [5.41, 5.74) is 4.33. The highest BCUT2D eigenvalue weighted by Crippen LogP contribution is 2.36. The van der Waals surface area contributed by atoms with Crippen molar-refractivity contribution in [1.29, 1.82) is 0 Å². The second kappa shape index (κ2) is 5.03. The third-order valence-electron chi connectivity index (χ3n) is 3.00. The topological polar surface area (TPSA) is 12.9 Å². The predicted molar refractivity (Wildman–Crippen MR) is 79.3 cm³/mol. The summed E-state index contributed by atoms with van der Waals surface area (Å²) in [5.74, 6) is 0. The molecule has 18 heavy (non-hydrogen) atoms. The average Bonchev–Trinajstić information content (AvgIpc) is 2.59. The molecule has 0 atom stereocenters. The normalized spacial score (nSPS) is 12.6. The van der Waals surface area contributed by atoms with Gasteiger partial charge >= 0.3 is 10.3 Å². The van der Waals surface area contributed by atoms with E-state index in [4.69, 9.17) is 0 Å². The lowest BCUT2D eigenvalue weighted by Gasteiger charge is -2.24. The zero-order chi connectivity index (χ0) is 12.8. The van der Waals surface area contributed by atoms with Crippen LogP contribution in [0.4, 0.5) is 0 Å². The number of nitrogens with zero attached hydrogens (tertiary/aromatic N) is 1. The van der Waals surface area contributed by atoms with E-state index in [2.05, 4.69) is 58.0 Å². The average molecular weight is 302 g/mol. The first kappa shape index (κ1) is 15.8. The van der Waals surface area contributed by atoms with Crippen molar-refractivity contribution in [1.82, 2.24) is 4.37 Å². The van der Waals surface area contributed by atoms with Gasteiger partial charge in [-0.1, -0.05) is 47.6 Å². The molecule has 0 aliphatic carbocycles. The number of benzene rings is 1. The number of aromatic nitrogens is 1. The molecule has 0 saturated heterocycles. The van der Waals surface area contributed by atoms with Crippen LogP contribution in [0.3, 0.4) is 0 Å². The molecule has 1 aromatic heterocycles. The van der Waals surface area contributed by atoms with Crippen molar-refractivity contribution in [2.24, 2.45) is 0 Å². The molecule has 100 valence electrons. The van der Waals surface area contributed by atoms with Gasteiger partial charge in [0.15, 0.2) is 5.52 Å². The Morgan fingerprint density at radius 1 is 1.00 bits per heavy atom. The van der Waals surface area contributed by atoms with Gasteiger partial charge in [0.2, 0.25) is 0 Å². The summed E-state index contributed by atoms with van der Waals surface area (Å²) in [7, 11) is 3.37. The van der Waals surface area contributed by atoms with Crippen LogP contribution in [0.25, 0.3) is 10.2 Å². The minimum Gasteiger partial charge on any atom is -1.00 e. The lowest BCUT2D eigenvalue weighted by molar-refractivity contribution is -0.00000435. The van der Waals surface area contributed by atoms with E-state index < -0.39 is 0 Å². The van der Waals surface area contributed by atoms with Gasteiger partial charge in [-0.15, -0.1) is 4.37 Å². The molecule has 0 unspecified atom stereocenters. The van der Waals surface area contributed by atoms with Crippen LogP contribution in [0.15, 0.2) is 12.1 Å². The van der Waals surface area contributed by atoms with Crippen molar-refractivity contribution in [2.45, 2.75) is 52.4 Å². The molecule has 0 aliphatic rings. The zero-order valence-corrected chi connectivity index (χ0v) is 14.2. The number of halogens is 1. The van der Waals surface area contributed by atoms with Gasteiger partial charge in [-0.25, -0.2) is 0 Å². The molecule has 0 spiro atoms. The summed E-state index contributed by atoms with van der Waals surface area (Å²) < 4.78 is 5.89. The highest BCUT2D eigenvalue weighted by molar-refractivity contribution is 7.69. The first-order chi connectivity index (χ1) is 7.69. The third-order valence-corrected chi connectivity index (χ3v) is 4.81. The molecule has 0 fully saturated rings. The van der Waals surface area contributed by atoms with Gasteiger partial charge in [-0.2, -0.15) is 0 Å². The van der Waals surface area contributed by atoms with E-state index in [-0.39, 0.29) is 23.2 Å². The maximum absolute atomic E-state index is 4.57. The van der Waals surface area contributed by atoms with Crippen LogP contribution in [0, 0.1) is 0 Å². The first-order valence-corrected chi connectivity index (χ1v) is 8.04. The number of rotatable bonds is 0. The van der Waals surface area contributed by atoms with E-state index in [0.717, 1.165) is 0 Å². The lowest BCUT2D eigenvalue weighted by atomic mass is 9.80. The lowest BCUT2D eigenvalue weighted by Crippen LogP contribution is -3.00. The third kappa shape index (κ3) is 3.01. The van der Waals surface area contributed by atoms with Crippen LogP contribution < -0.4 is 12.4 Å². The number of hydrogen-bond acceptors (Lipinski definition) is 2. The Bertz CT molecular complexity index is 547. The molecule has 2 rings (SSSR count). The fourth-order valence-corrected chi connectivity index (χ4v) is 3.68. The van der Waals surface area contributed by atoms with E-state index >= 15 is 0 Å². The Morgan fingerprint density at radius 3 is 2.11 bits per heavy atom. The van der Waals surface area contributed by atoms with E-state index in [9.17, 15) is 0 Å². The second-order valence-corrected chi connectivity index (χ2v) is 8.51. The van der Waals surface area contributed by atoms with Crippen LogP contribution in [-0.4, -0.2) is 4.37 Å². The van der Waals surface area contributed by atoms with Crippen LogP contribution in [0.5, 0.6) is 0 Å². The molecule has 0 radical (unpaired) electrons. The predicted octanol–water partition coefficient (Wildman–Crippen LogP) is 2.24. The summed E-state index contributed by atoms with van der Waals surface area (Å²) in [4.78, 5) is 0. The first-order valence-electron chi connectivity index (χ1n) is 5.93. The van der Waals surface area contributed by atoms with E-state index in [1.165, 1.54) is 21.3 Å². The Balaban J connectivity index is 0.00000162. The molecule has 1 heterocycles. The largest absolute Gasteiger partial charge is 1.00 e. The van der Waals surface area contributed by atoms with Crippen molar-refractivity contribution >= 4 is 31.1 Å². The Hall–Kier alpha value is -0.250. The highest BCUT2D eigenvalue weighted by Gasteiger charge is 2.26. The Morgan fingerprint density at radius 2 is 1.61 bits per heavy atom. The minimum absolute atomic E-state index is 0. The quantitative estimate of drug-likeness (QED) is 0.537. The van der Waals surface area contributed by atoms with Gasteiger partial charge in [0.05, 0.1) is 0 Å². The van der Waals surface area contributed by atoms with Gasteiger partial charge in [0, 0.05) is 6.07 Å². The fourth-order valence-electron chi connectivity index (χ4n) is 1.87. The Labute approximate surface area is 123 Å². The molecular formula is C14H20ClNS2. The summed E-state index contributed by atoms with van der Waals surface area (Å²) in [6.07, 6.45) is 0. The molecule has 4 heteroatoms. The van der Waals surface area contributed by atoms with Gasteiger partial charge < -0.3 is 12.4 Å². The van der Waals surface area contributed by atoms with Crippen molar-refractivity contribution < 1.29 is 12.4 Å². The van der Waals surface area contributed by atoms with Crippen molar-refractivity contribution in [3.8, 4) is 0 Å². The molecule has 0 bridgehead atoms. The molecule has 0 N–H and O–H groups in total. The second-order valence-electron chi connectivity index (χ2n) is 6.62. The highest BCUT2D eigenvalue weighted by atomic mass is 35.5. The van der Waals surface area contributed by atoms with Crippen LogP contribution >= 0.6 is 20.9 Å². The van der Waals surface area contributed by atoms with Crippen molar-refractivity contribution in [2.75, 3.05) is 0 Å². The molecular weight excluding hydrogens is 282 g/mol. The summed E-state index contributed by atoms with van der Waals surface area (Å²) >= 11 is 0. The van der Waals surface area contributed by atoms with Gasteiger partial charge in [-0.05, 0) is 22.0 Å². The van der Waals surface area contributed by atoms with Gasteiger partial charge in [-0.3, -0.25) is 0 Å². The molecule has 0 amide bonds. The van der Waals surface area contributed by atoms with Crippen LogP contribution in [0.1, 0.15) is 52.7 Å².